The molecule has 10 aromatic rings. The lowest BCUT2D eigenvalue weighted by atomic mass is 9.98. The van der Waals surface area contributed by atoms with Gasteiger partial charge in [0.2, 0.25) is 0 Å². The fourth-order valence-corrected chi connectivity index (χ4v) is 8.78. The standard InChI is InChI=1S/C43H25N3S/c44-26-27-18-21-38(46-36-15-7-4-12-30(36)31-13-5-8-16-37(31)46)34(24-27)28-19-22-39-35(25-28)42-40(45(39)29-10-2-1-3-11-29)23-20-33-32-14-6-9-17-41(32)47-43(33)42/h1-25H. The number of nitriles is 1. The molecule has 0 aliphatic heterocycles. The van der Waals surface area contributed by atoms with Crippen LogP contribution in [0.1, 0.15) is 5.56 Å². The lowest BCUT2D eigenvalue weighted by Gasteiger charge is -2.15. The van der Waals surface area contributed by atoms with E-state index < -0.39 is 0 Å². The molecule has 10 rings (SSSR count). The molecule has 0 saturated carbocycles. The molecule has 0 amide bonds. The predicted octanol–water partition coefficient (Wildman–Crippen LogP) is 11.8. The molecule has 0 bridgehead atoms. The van der Waals surface area contributed by atoms with E-state index in [1.807, 2.05) is 23.5 Å². The first-order valence-electron chi connectivity index (χ1n) is 15.8. The summed E-state index contributed by atoms with van der Waals surface area (Å²) < 4.78 is 7.33. The molecule has 47 heavy (non-hydrogen) atoms. The molecule has 3 nitrogen and oxygen atoms in total. The molecule has 0 radical (unpaired) electrons. The van der Waals surface area contributed by atoms with Crippen molar-refractivity contribution in [3.8, 4) is 28.6 Å². The van der Waals surface area contributed by atoms with Crippen molar-refractivity contribution in [1.82, 2.24) is 9.13 Å². The summed E-state index contributed by atoms with van der Waals surface area (Å²) in [5.74, 6) is 0. The minimum Gasteiger partial charge on any atom is -0.309 e. The molecule has 7 aromatic carbocycles. The Kier molecular flexibility index (Phi) is 5.51. The Morgan fingerprint density at radius 3 is 1.91 bits per heavy atom. The van der Waals surface area contributed by atoms with Gasteiger partial charge in [-0.2, -0.15) is 5.26 Å². The largest absolute Gasteiger partial charge is 0.309 e. The maximum absolute atomic E-state index is 10.0. The zero-order chi connectivity index (χ0) is 31.1. The Morgan fingerprint density at radius 2 is 1.15 bits per heavy atom. The molecule has 3 heterocycles. The lowest BCUT2D eigenvalue weighted by Crippen LogP contribution is -1.98. The zero-order valence-electron chi connectivity index (χ0n) is 25.2. The minimum atomic E-state index is 0.642. The van der Waals surface area contributed by atoms with E-state index in [9.17, 15) is 5.26 Å². The number of thiophene rings is 1. The van der Waals surface area contributed by atoms with Gasteiger partial charge in [0.1, 0.15) is 0 Å². The monoisotopic (exact) mass is 615 g/mol. The molecule has 0 unspecified atom stereocenters. The quantitative estimate of drug-likeness (QED) is 0.195. The van der Waals surface area contributed by atoms with Crippen LogP contribution in [-0.2, 0) is 0 Å². The Labute approximate surface area is 274 Å². The molecule has 218 valence electrons. The highest BCUT2D eigenvalue weighted by Crippen LogP contribution is 2.45. The highest BCUT2D eigenvalue weighted by Gasteiger charge is 2.20. The number of para-hydroxylation sites is 3. The Balaban J connectivity index is 1.32. The third-order valence-corrected chi connectivity index (χ3v) is 10.7. The van der Waals surface area contributed by atoms with E-state index in [2.05, 4.69) is 155 Å². The van der Waals surface area contributed by atoms with E-state index in [0.717, 1.165) is 39.1 Å². The van der Waals surface area contributed by atoms with Gasteiger partial charge in [-0.25, -0.2) is 0 Å². The summed E-state index contributed by atoms with van der Waals surface area (Å²) in [5.41, 5.74) is 9.59. The molecule has 0 N–H and O–H groups in total. The first-order chi connectivity index (χ1) is 23.3. The van der Waals surface area contributed by atoms with Crippen molar-refractivity contribution >= 4 is 75.1 Å². The van der Waals surface area contributed by atoms with Crippen molar-refractivity contribution in [3.63, 3.8) is 0 Å². The lowest BCUT2D eigenvalue weighted by molar-refractivity contribution is 1.18. The van der Waals surface area contributed by atoms with Crippen LogP contribution < -0.4 is 0 Å². The summed E-state index contributed by atoms with van der Waals surface area (Å²) in [6, 6.07) is 56.4. The smallest absolute Gasteiger partial charge is 0.0991 e. The van der Waals surface area contributed by atoms with Crippen LogP contribution in [0.2, 0.25) is 0 Å². The van der Waals surface area contributed by atoms with Gasteiger partial charge < -0.3 is 9.13 Å². The Bertz CT molecular complexity index is 2860. The third-order valence-electron chi connectivity index (χ3n) is 9.54. The molecule has 4 heteroatoms. The zero-order valence-corrected chi connectivity index (χ0v) is 26.0. The minimum absolute atomic E-state index is 0.642. The van der Waals surface area contributed by atoms with E-state index in [1.54, 1.807) is 0 Å². The molecule has 0 atom stereocenters. The fourth-order valence-electron chi connectivity index (χ4n) is 7.52. The van der Waals surface area contributed by atoms with Crippen molar-refractivity contribution in [2.24, 2.45) is 0 Å². The van der Waals surface area contributed by atoms with E-state index in [0.29, 0.717) is 5.56 Å². The molecule has 3 aromatic heterocycles. The second-order valence-electron chi connectivity index (χ2n) is 12.1. The number of nitrogens with zero attached hydrogens (tertiary/aromatic N) is 3. The van der Waals surface area contributed by atoms with Gasteiger partial charge in [0, 0.05) is 53.0 Å². The number of benzene rings is 7. The second-order valence-corrected chi connectivity index (χ2v) is 13.1. The van der Waals surface area contributed by atoms with Crippen molar-refractivity contribution in [2.75, 3.05) is 0 Å². The van der Waals surface area contributed by atoms with Crippen molar-refractivity contribution < 1.29 is 0 Å². The van der Waals surface area contributed by atoms with Crippen LogP contribution >= 0.6 is 11.3 Å². The van der Waals surface area contributed by atoms with Crippen molar-refractivity contribution in [3.05, 3.63) is 157 Å². The molecule has 0 spiro atoms. The van der Waals surface area contributed by atoms with Crippen LogP contribution in [0.4, 0.5) is 0 Å². The molecular weight excluding hydrogens is 591 g/mol. The summed E-state index contributed by atoms with van der Waals surface area (Å²) in [7, 11) is 0. The molecule has 0 saturated heterocycles. The normalized spacial score (nSPS) is 11.8. The van der Waals surface area contributed by atoms with E-state index in [4.69, 9.17) is 0 Å². The maximum atomic E-state index is 10.0. The Morgan fingerprint density at radius 1 is 0.489 bits per heavy atom. The van der Waals surface area contributed by atoms with E-state index >= 15 is 0 Å². The summed E-state index contributed by atoms with van der Waals surface area (Å²) >= 11 is 1.87. The summed E-state index contributed by atoms with van der Waals surface area (Å²) in [6.07, 6.45) is 0. The summed E-state index contributed by atoms with van der Waals surface area (Å²) in [4.78, 5) is 0. The van der Waals surface area contributed by atoms with Gasteiger partial charge in [0.15, 0.2) is 0 Å². The Hall–Kier alpha value is -6.15. The average molecular weight is 616 g/mol. The van der Waals surface area contributed by atoms with Gasteiger partial charge in [-0.15, -0.1) is 11.3 Å². The number of rotatable bonds is 3. The summed E-state index contributed by atoms with van der Waals surface area (Å²) in [6.45, 7) is 0. The van der Waals surface area contributed by atoms with Crippen LogP contribution in [0.3, 0.4) is 0 Å². The van der Waals surface area contributed by atoms with Gasteiger partial charge in [-0.05, 0) is 72.3 Å². The third kappa shape index (κ3) is 3.72. The second kappa shape index (κ2) is 9.92. The predicted molar refractivity (Wildman–Crippen MR) is 198 cm³/mol. The van der Waals surface area contributed by atoms with E-state index in [-0.39, 0.29) is 0 Å². The first-order valence-corrected chi connectivity index (χ1v) is 16.6. The highest BCUT2D eigenvalue weighted by molar-refractivity contribution is 7.26. The van der Waals surface area contributed by atoms with Crippen LogP contribution in [-0.4, -0.2) is 9.13 Å². The van der Waals surface area contributed by atoms with Gasteiger partial charge in [-0.1, -0.05) is 84.9 Å². The number of fused-ring (bicyclic) bond motifs is 10. The van der Waals surface area contributed by atoms with Gasteiger partial charge in [0.05, 0.1) is 39.4 Å². The molecular formula is C43H25N3S. The van der Waals surface area contributed by atoms with E-state index in [1.165, 1.54) is 47.2 Å². The number of hydrogen-bond acceptors (Lipinski definition) is 2. The van der Waals surface area contributed by atoms with Crippen LogP contribution in [0.15, 0.2) is 152 Å². The molecule has 0 fully saturated rings. The molecule has 0 aliphatic carbocycles. The van der Waals surface area contributed by atoms with Crippen LogP contribution in [0.25, 0.3) is 86.3 Å². The highest BCUT2D eigenvalue weighted by atomic mass is 32.1. The summed E-state index contributed by atoms with van der Waals surface area (Å²) in [5, 5.41) is 17.5. The maximum Gasteiger partial charge on any atom is 0.0991 e. The number of aromatic nitrogens is 2. The van der Waals surface area contributed by atoms with Gasteiger partial charge in [0.25, 0.3) is 0 Å². The van der Waals surface area contributed by atoms with Gasteiger partial charge in [-0.3, -0.25) is 0 Å². The van der Waals surface area contributed by atoms with Crippen molar-refractivity contribution in [1.29, 1.82) is 5.26 Å². The van der Waals surface area contributed by atoms with Gasteiger partial charge >= 0.3 is 0 Å². The topological polar surface area (TPSA) is 33.6 Å². The average Bonchev–Trinajstić information content (AvgIpc) is 3.79. The van der Waals surface area contributed by atoms with Crippen LogP contribution in [0, 0.1) is 11.3 Å². The van der Waals surface area contributed by atoms with Crippen LogP contribution in [0.5, 0.6) is 0 Å². The first kappa shape index (κ1) is 26.1. The SMILES string of the molecule is N#Cc1ccc(-n2c3ccccc3c3ccccc32)c(-c2ccc3c(c2)c2c4sc5ccccc5c4ccc2n3-c2ccccc2)c1. The number of hydrogen-bond donors (Lipinski definition) is 0. The fraction of sp³-hybridized carbons (Fsp3) is 0. The van der Waals surface area contributed by atoms with Crippen molar-refractivity contribution in [2.45, 2.75) is 0 Å². The molecule has 0 aliphatic rings.